The number of hydrogen-bond acceptors (Lipinski definition) is 5. The highest BCUT2D eigenvalue weighted by Crippen LogP contribution is 2.31. The Labute approximate surface area is 119 Å². The van der Waals surface area contributed by atoms with E-state index in [0.29, 0.717) is 6.54 Å². The standard InChI is InChI=1S/C13H11ClN2O2S/c14-12-4-3-11(19-12)13(10-2-1-6-17-10)15-8-9-5-7-18-16-9/h1-7,13,15H,8H2. The predicted molar refractivity (Wildman–Crippen MR) is 73.2 cm³/mol. The molecule has 1 atom stereocenters. The molecule has 0 aliphatic rings. The van der Waals surface area contributed by atoms with Crippen LogP contribution in [0.1, 0.15) is 22.4 Å². The van der Waals surface area contributed by atoms with Gasteiger partial charge in [0.05, 0.1) is 16.3 Å². The summed E-state index contributed by atoms with van der Waals surface area (Å²) in [6, 6.07) is 9.48. The Kier molecular flexibility index (Phi) is 3.68. The monoisotopic (exact) mass is 294 g/mol. The first-order chi connectivity index (χ1) is 9.33. The van der Waals surface area contributed by atoms with Gasteiger partial charge in [0.15, 0.2) is 0 Å². The first kappa shape index (κ1) is 12.5. The van der Waals surface area contributed by atoms with Crippen LogP contribution in [0.3, 0.4) is 0 Å². The van der Waals surface area contributed by atoms with Crippen LogP contribution in [0.4, 0.5) is 0 Å². The summed E-state index contributed by atoms with van der Waals surface area (Å²) >= 11 is 7.53. The molecular weight excluding hydrogens is 284 g/mol. The minimum atomic E-state index is -0.0378. The summed E-state index contributed by atoms with van der Waals surface area (Å²) in [5.74, 6) is 0.849. The van der Waals surface area contributed by atoms with Crippen LogP contribution in [0.15, 0.2) is 51.8 Å². The number of nitrogens with one attached hydrogen (secondary N) is 1. The van der Waals surface area contributed by atoms with E-state index >= 15 is 0 Å². The third kappa shape index (κ3) is 2.89. The molecule has 0 saturated heterocycles. The van der Waals surface area contributed by atoms with Crippen LogP contribution >= 0.6 is 22.9 Å². The lowest BCUT2D eigenvalue weighted by Crippen LogP contribution is -2.20. The molecule has 0 amide bonds. The van der Waals surface area contributed by atoms with Crippen LogP contribution < -0.4 is 5.32 Å². The topological polar surface area (TPSA) is 51.2 Å². The highest BCUT2D eigenvalue weighted by Gasteiger charge is 2.18. The summed E-state index contributed by atoms with van der Waals surface area (Å²) in [7, 11) is 0. The maximum Gasteiger partial charge on any atom is 0.126 e. The lowest BCUT2D eigenvalue weighted by atomic mass is 10.2. The molecule has 3 heterocycles. The molecule has 98 valence electrons. The Morgan fingerprint density at radius 2 is 2.21 bits per heavy atom. The van der Waals surface area contributed by atoms with Gasteiger partial charge in [-0.2, -0.15) is 0 Å². The van der Waals surface area contributed by atoms with Gasteiger partial charge in [0.2, 0.25) is 0 Å². The number of halogens is 1. The SMILES string of the molecule is Clc1ccc(C(NCc2ccon2)c2ccco2)s1. The van der Waals surface area contributed by atoms with E-state index in [0.717, 1.165) is 20.7 Å². The zero-order valence-electron chi connectivity index (χ0n) is 9.88. The van der Waals surface area contributed by atoms with Gasteiger partial charge in [-0.25, -0.2) is 0 Å². The van der Waals surface area contributed by atoms with Crippen molar-refractivity contribution >= 4 is 22.9 Å². The minimum Gasteiger partial charge on any atom is -0.467 e. The molecule has 0 radical (unpaired) electrons. The second-order valence-corrected chi connectivity index (χ2v) is 5.71. The lowest BCUT2D eigenvalue weighted by Gasteiger charge is -2.14. The van der Waals surface area contributed by atoms with E-state index in [-0.39, 0.29) is 6.04 Å². The van der Waals surface area contributed by atoms with Crippen molar-refractivity contribution in [1.82, 2.24) is 10.5 Å². The van der Waals surface area contributed by atoms with Crippen molar-refractivity contribution in [1.29, 1.82) is 0 Å². The maximum atomic E-state index is 6.00. The molecule has 1 unspecified atom stereocenters. The molecule has 0 aromatic carbocycles. The van der Waals surface area contributed by atoms with E-state index < -0.39 is 0 Å². The smallest absolute Gasteiger partial charge is 0.126 e. The Hall–Kier alpha value is -1.56. The van der Waals surface area contributed by atoms with Crippen LogP contribution in [-0.4, -0.2) is 5.16 Å². The molecule has 3 aromatic rings. The molecule has 0 aliphatic carbocycles. The maximum absolute atomic E-state index is 6.00. The molecule has 0 aliphatic heterocycles. The first-order valence-electron chi connectivity index (χ1n) is 5.74. The summed E-state index contributed by atoms with van der Waals surface area (Å²) in [6.45, 7) is 0.595. The van der Waals surface area contributed by atoms with Crippen LogP contribution in [-0.2, 0) is 6.54 Å². The fraction of sp³-hybridized carbons (Fsp3) is 0.154. The number of rotatable bonds is 5. The first-order valence-corrected chi connectivity index (χ1v) is 6.93. The van der Waals surface area contributed by atoms with E-state index in [1.807, 2.05) is 30.3 Å². The zero-order valence-corrected chi connectivity index (χ0v) is 11.4. The minimum absolute atomic E-state index is 0.0378. The third-order valence-electron chi connectivity index (χ3n) is 2.68. The van der Waals surface area contributed by atoms with E-state index in [2.05, 4.69) is 10.5 Å². The average Bonchev–Trinajstić information content (AvgIpc) is 3.11. The number of furan rings is 1. The lowest BCUT2D eigenvalue weighted by molar-refractivity contribution is 0.401. The van der Waals surface area contributed by atoms with Crippen molar-refractivity contribution in [3.63, 3.8) is 0 Å². The van der Waals surface area contributed by atoms with Gasteiger partial charge < -0.3 is 8.94 Å². The van der Waals surface area contributed by atoms with E-state index in [9.17, 15) is 0 Å². The Bertz CT molecular complexity index is 619. The molecule has 0 saturated carbocycles. The molecule has 0 fully saturated rings. The van der Waals surface area contributed by atoms with Crippen molar-refractivity contribution in [2.24, 2.45) is 0 Å². The van der Waals surface area contributed by atoms with Gasteiger partial charge >= 0.3 is 0 Å². The summed E-state index contributed by atoms with van der Waals surface area (Å²) in [5.41, 5.74) is 0.846. The molecule has 3 rings (SSSR count). The highest BCUT2D eigenvalue weighted by atomic mass is 35.5. The predicted octanol–water partition coefficient (Wildman–Crippen LogP) is 3.86. The molecule has 19 heavy (non-hydrogen) atoms. The molecule has 6 heteroatoms. The molecule has 3 aromatic heterocycles. The van der Waals surface area contributed by atoms with Crippen LogP contribution in [0.25, 0.3) is 0 Å². The van der Waals surface area contributed by atoms with E-state index in [1.165, 1.54) is 11.3 Å². The number of thiophene rings is 1. The van der Waals surface area contributed by atoms with Gasteiger partial charge in [0.25, 0.3) is 0 Å². The highest BCUT2D eigenvalue weighted by molar-refractivity contribution is 7.16. The van der Waals surface area contributed by atoms with Gasteiger partial charge in [0, 0.05) is 17.5 Å². The third-order valence-corrected chi connectivity index (χ3v) is 3.98. The van der Waals surface area contributed by atoms with Crippen molar-refractivity contribution in [2.45, 2.75) is 12.6 Å². The van der Waals surface area contributed by atoms with Gasteiger partial charge in [0.1, 0.15) is 18.1 Å². The van der Waals surface area contributed by atoms with Gasteiger partial charge in [-0.05, 0) is 24.3 Å². The number of hydrogen-bond donors (Lipinski definition) is 1. The van der Waals surface area contributed by atoms with Crippen molar-refractivity contribution in [3.8, 4) is 0 Å². The van der Waals surface area contributed by atoms with Crippen LogP contribution in [0, 0.1) is 0 Å². The molecule has 1 N–H and O–H groups in total. The largest absolute Gasteiger partial charge is 0.467 e. The fourth-order valence-corrected chi connectivity index (χ4v) is 2.96. The Balaban J connectivity index is 1.80. The van der Waals surface area contributed by atoms with Crippen LogP contribution in [0.5, 0.6) is 0 Å². The zero-order chi connectivity index (χ0) is 13.1. The summed E-state index contributed by atoms with van der Waals surface area (Å²) in [4.78, 5) is 1.10. The second-order valence-electron chi connectivity index (χ2n) is 3.96. The van der Waals surface area contributed by atoms with E-state index in [1.54, 1.807) is 12.5 Å². The Morgan fingerprint density at radius 3 is 2.84 bits per heavy atom. The molecule has 0 spiro atoms. The molecular formula is C13H11ClN2O2S. The molecule has 0 bridgehead atoms. The van der Waals surface area contributed by atoms with Crippen LogP contribution in [0.2, 0.25) is 4.34 Å². The van der Waals surface area contributed by atoms with Gasteiger partial charge in [-0.15, -0.1) is 11.3 Å². The normalized spacial score (nSPS) is 12.7. The number of aromatic nitrogens is 1. The average molecular weight is 295 g/mol. The quantitative estimate of drug-likeness (QED) is 0.776. The van der Waals surface area contributed by atoms with Crippen molar-refractivity contribution in [2.75, 3.05) is 0 Å². The fourth-order valence-electron chi connectivity index (χ4n) is 1.82. The van der Waals surface area contributed by atoms with Crippen molar-refractivity contribution < 1.29 is 8.94 Å². The van der Waals surface area contributed by atoms with E-state index in [4.69, 9.17) is 20.5 Å². The van der Waals surface area contributed by atoms with Gasteiger partial charge in [-0.1, -0.05) is 16.8 Å². The summed E-state index contributed by atoms with van der Waals surface area (Å²) < 4.78 is 11.1. The summed E-state index contributed by atoms with van der Waals surface area (Å²) in [5, 5.41) is 7.27. The van der Waals surface area contributed by atoms with Gasteiger partial charge in [-0.3, -0.25) is 5.32 Å². The summed E-state index contributed by atoms with van der Waals surface area (Å²) in [6.07, 6.45) is 3.22. The second kappa shape index (κ2) is 5.61. The molecule has 4 nitrogen and oxygen atoms in total. The van der Waals surface area contributed by atoms with Crippen molar-refractivity contribution in [3.05, 3.63) is 63.5 Å². The Morgan fingerprint density at radius 1 is 1.26 bits per heavy atom. The number of nitrogens with zero attached hydrogens (tertiary/aromatic N) is 1.